The highest BCUT2D eigenvalue weighted by atomic mass is 19.1. The standard InChI is InChI=1S/C48H76FN5O10/c1-4-7-9-11-13-15-17-19-21-23-25-28-40(56)60-33-37(34-61-41(57)29-26-24-22-20-18-16-14-12-10-8-5-2)63-43(59)31-27-30-42(58)62-35-48(6-3)38(55)32-39(64-48)54-36-51-44-45(50)52-47(49)53-46(44)54/h3,36-39,55H,4-5,7-35H2,1-2H3,(H2,50,52,53)/t38-,39?,48+/m0/s1. The van der Waals surface area contributed by atoms with Crippen LogP contribution >= 0.6 is 0 Å². The van der Waals surface area contributed by atoms with E-state index < -0.39 is 60.6 Å². The molecule has 15 nitrogen and oxygen atoms in total. The summed E-state index contributed by atoms with van der Waals surface area (Å²) in [5, 5.41) is 10.9. The molecule has 16 heteroatoms. The first-order chi connectivity index (χ1) is 31.0. The van der Waals surface area contributed by atoms with Gasteiger partial charge in [0.15, 0.2) is 28.7 Å². The zero-order valence-corrected chi connectivity index (χ0v) is 38.7. The van der Waals surface area contributed by atoms with Gasteiger partial charge in [-0.05, 0) is 19.3 Å². The number of hydrogen-bond donors (Lipinski definition) is 2. The normalized spacial score (nSPS) is 17.1. The number of terminal acetylenes is 1. The molecule has 1 fully saturated rings. The maximum atomic E-state index is 13.9. The molecule has 0 spiro atoms. The number of anilines is 1. The number of rotatable bonds is 36. The van der Waals surface area contributed by atoms with Crippen LogP contribution < -0.4 is 5.73 Å². The van der Waals surface area contributed by atoms with Gasteiger partial charge in [0.05, 0.1) is 6.33 Å². The molecule has 1 unspecified atom stereocenters. The van der Waals surface area contributed by atoms with Gasteiger partial charge < -0.3 is 34.5 Å². The number of ether oxygens (including phenoxy) is 5. The highest BCUT2D eigenvalue weighted by molar-refractivity contribution is 5.81. The molecule has 0 amide bonds. The third-order valence-corrected chi connectivity index (χ3v) is 11.6. The zero-order chi connectivity index (χ0) is 46.4. The summed E-state index contributed by atoms with van der Waals surface area (Å²) >= 11 is 0. The van der Waals surface area contributed by atoms with E-state index in [-0.39, 0.29) is 68.7 Å². The minimum atomic E-state index is -1.73. The van der Waals surface area contributed by atoms with E-state index in [1.165, 1.54) is 101 Å². The maximum absolute atomic E-state index is 13.9. The number of aromatic nitrogens is 4. The Kier molecular flexibility index (Phi) is 26.6. The molecule has 0 bridgehead atoms. The number of nitrogen functional groups attached to an aromatic ring is 1. The molecule has 1 saturated heterocycles. The highest BCUT2D eigenvalue weighted by Gasteiger charge is 2.49. The molecule has 1 aliphatic rings. The summed E-state index contributed by atoms with van der Waals surface area (Å²) in [5.41, 5.74) is 4.21. The van der Waals surface area contributed by atoms with Gasteiger partial charge in [0, 0.05) is 32.1 Å². The first-order valence-corrected chi connectivity index (χ1v) is 24.2. The van der Waals surface area contributed by atoms with Crippen LogP contribution in [0.25, 0.3) is 11.2 Å². The van der Waals surface area contributed by atoms with Crippen LogP contribution in [0.2, 0.25) is 0 Å². The van der Waals surface area contributed by atoms with Crippen molar-refractivity contribution in [2.24, 2.45) is 0 Å². The average Bonchev–Trinajstić information content (AvgIpc) is 3.85. The number of nitrogens with zero attached hydrogens (tertiary/aromatic N) is 4. The Hall–Kier alpha value is -4.36. The third kappa shape index (κ3) is 20.6. The van der Waals surface area contributed by atoms with Gasteiger partial charge in [-0.3, -0.25) is 23.7 Å². The number of halogens is 1. The summed E-state index contributed by atoms with van der Waals surface area (Å²) in [4.78, 5) is 62.1. The van der Waals surface area contributed by atoms with Crippen LogP contribution in [-0.2, 0) is 42.9 Å². The SMILES string of the molecule is C#C[C@]1(COC(=O)CCCC(=O)OC(COC(=O)CCCCCCCCCCCCC)COC(=O)CCCCCCCCCCCCC)OC(n2cnc3c(N)nc(F)nc32)C[C@@H]1O. The number of unbranched alkanes of at least 4 members (excludes halogenated alkanes) is 20. The van der Waals surface area contributed by atoms with E-state index in [4.69, 9.17) is 35.8 Å². The van der Waals surface area contributed by atoms with Crippen molar-refractivity contribution in [3.63, 3.8) is 0 Å². The fourth-order valence-corrected chi connectivity index (χ4v) is 7.73. The molecule has 2 aromatic heterocycles. The summed E-state index contributed by atoms with van der Waals surface area (Å²) in [6.45, 7) is 3.41. The molecule has 360 valence electrons. The molecule has 3 heterocycles. The quantitative estimate of drug-likeness (QED) is 0.0215. The molecule has 64 heavy (non-hydrogen) atoms. The number of imidazole rings is 1. The molecular formula is C48H76FN5O10. The Morgan fingerprint density at radius 2 is 1.20 bits per heavy atom. The monoisotopic (exact) mass is 902 g/mol. The number of fused-ring (bicyclic) bond motifs is 1. The van der Waals surface area contributed by atoms with E-state index in [2.05, 4.69) is 34.7 Å². The van der Waals surface area contributed by atoms with Crippen molar-refractivity contribution in [1.82, 2.24) is 19.5 Å². The number of carbonyl (C=O) groups excluding carboxylic acids is 4. The summed E-state index contributed by atoms with van der Waals surface area (Å²) in [7, 11) is 0. The van der Waals surface area contributed by atoms with Crippen molar-refractivity contribution >= 4 is 40.9 Å². The second-order valence-corrected chi connectivity index (χ2v) is 17.1. The number of esters is 4. The van der Waals surface area contributed by atoms with Gasteiger partial charge in [0.2, 0.25) is 0 Å². The van der Waals surface area contributed by atoms with E-state index in [1.54, 1.807) is 0 Å². The van der Waals surface area contributed by atoms with Gasteiger partial charge in [-0.15, -0.1) is 6.42 Å². The largest absolute Gasteiger partial charge is 0.462 e. The minimum absolute atomic E-state index is 0.0386. The molecular weight excluding hydrogens is 826 g/mol. The van der Waals surface area contributed by atoms with Crippen molar-refractivity contribution < 1.29 is 52.4 Å². The Morgan fingerprint density at radius 1 is 0.750 bits per heavy atom. The Balaban J connectivity index is 1.40. The smallest absolute Gasteiger partial charge is 0.312 e. The molecule has 0 aromatic carbocycles. The predicted molar refractivity (Wildman–Crippen MR) is 241 cm³/mol. The molecule has 3 N–H and O–H groups in total. The van der Waals surface area contributed by atoms with Crippen molar-refractivity contribution in [2.75, 3.05) is 25.6 Å². The zero-order valence-electron chi connectivity index (χ0n) is 38.7. The van der Waals surface area contributed by atoms with Gasteiger partial charge >= 0.3 is 30.0 Å². The topological polar surface area (TPSA) is 204 Å². The van der Waals surface area contributed by atoms with Gasteiger partial charge in [-0.2, -0.15) is 14.4 Å². The number of aliphatic hydroxyl groups excluding tert-OH is 1. The first kappa shape index (κ1) is 54.0. The number of carbonyl (C=O) groups is 4. The molecule has 3 atom stereocenters. The molecule has 3 rings (SSSR count). The lowest BCUT2D eigenvalue weighted by Gasteiger charge is -2.26. The fourth-order valence-electron chi connectivity index (χ4n) is 7.73. The first-order valence-electron chi connectivity index (χ1n) is 24.2. The van der Waals surface area contributed by atoms with Gasteiger partial charge in [0.1, 0.15) is 32.2 Å². The summed E-state index contributed by atoms with van der Waals surface area (Å²) in [6.07, 6.45) is 28.4. The Labute approximate surface area is 379 Å². The van der Waals surface area contributed by atoms with Crippen molar-refractivity contribution in [2.45, 2.75) is 218 Å². The molecule has 0 saturated carbocycles. The van der Waals surface area contributed by atoms with E-state index >= 15 is 0 Å². The van der Waals surface area contributed by atoms with Gasteiger partial charge in [-0.25, -0.2) is 4.98 Å². The molecule has 0 radical (unpaired) electrons. The maximum Gasteiger partial charge on any atom is 0.312 e. The van der Waals surface area contributed by atoms with Gasteiger partial charge in [0.25, 0.3) is 0 Å². The van der Waals surface area contributed by atoms with Crippen LogP contribution in [-0.4, -0.2) is 86.1 Å². The Morgan fingerprint density at radius 3 is 1.70 bits per heavy atom. The summed E-state index contributed by atoms with van der Waals surface area (Å²) < 4.78 is 43.1. The number of nitrogens with two attached hydrogens (primary N) is 1. The van der Waals surface area contributed by atoms with E-state index in [0.717, 1.165) is 38.5 Å². The second-order valence-electron chi connectivity index (χ2n) is 17.1. The molecule has 0 aliphatic carbocycles. The molecule has 1 aliphatic heterocycles. The van der Waals surface area contributed by atoms with Crippen LogP contribution in [0.3, 0.4) is 0 Å². The third-order valence-electron chi connectivity index (χ3n) is 11.6. The van der Waals surface area contributed by atoms with Gasteiger partial charge in [-0.1, -0.05) is 148 Å². The van der Waals surface area contributed by atoms with Crippen molar-refractivity contribution in [1.29, 1.82) is 0 Å². The van der Waals surface area contributed by atoms with E-state index in [1.807, 2.05) is 0 Å². The van der Waals surface area contributed by atoms with Crippen LogP contribution in [0, 0.1) is 18.4 Å². The lowest BCUT2D eigenvalue weighted by Crippen LogP contribution is -2.43. The number of aliphatic hydroxyl groups is 1. The average molecular weight is 902 g/mol. The second kappa shape index (κ2) is 31.5. The van der Waals surface area contributed by atoms with Crippen LogP contribution in [0.4, 0.5) is 10.2 Å². The van der Waals surface area contributed by atoms with E-state index in [0.29, 0.717) is 12.8 Å². The minimum Gasteiger partial charge on any atom is -0.462 e. The van der Waals surface area contributed by atoms with Crippen molar-refractivity contribution in [3.8, 4) is 12.3 Å². The van der Waals surface area contributed by atoms with E-state index in [9.17, 15) is 28.7 Å². The predicted octanol–water partition coefficient (Wildman–Crippen LogP) is 9.31. The summed E-state index contributed by atoms with van der Waals surface area (Å²) in [6, 6.07) is 0. The van der Waals surface area contributed by atoms with Crippen molar-refractivity contribution in [3.05, 3.63) is 12.4 Å². The lowest BCUT2D eigenvalue weighted by molar-refractivity contribution is -0.167. The Bertz CT molecular complexity index is 1680. The highest BCUT2D eigenvalue weighted by Crippen LogP contribution is 2.38. The van der Waals surface area contributed by atoms with Crippen LogP contribution in [0.15, 0.2) is 6.33 Å². The lowest BCUT2D eigenvalue weighted by atomic mass is 9.99. The number of hydrogen-bond acceptors (Lipinski definition) is 14. The van der Waals surface area contributed by atoms with Crippen LogP contribution in [0.1, 0.15) is 200 Å². The molecule has 2 aromatic rings. The van der Waals surface area contributed by atoms with Crippen LogP contribution in [0.5, 0.6) is 0 Å². The summed E-state index contributed by atoms with van der Waals surface area (Å²) in [5.74, 6) is 0.00675. The fraction of sp³-hybridized carbons (Fsp3) is 0.771.